The van der Waals surface area contributed by atoms with Crippen molar-refractivity contribution >= 4 is 28.9 Å². The van der Waals surface area contributed by atoms with Crippen LogP contribution in [0.2, 0.25) is 5.02 Å². The fraction of sp³-hybridized carbons (Fsp3) is 0.188. The fourth-order valence-corrected chi connectivity index (χ4v) is 2.65. The summed E-state index contributed by atoms with van der Waals surface area (Å²) in [5.41, 5.74) is 5.99. The number of nitrogens with zero attached hydrogens (tertiary/aromatic N) is 1. The summed E-state index contributed by atoms with van der Waals surface area (Å²) in [5, 5.41) is 14.7. The van der Waals surface area contributed by atoms with Gasteiger partial charge >= 0.3 is 0 Å². The number of nitrogens with one attached hydrogen (secondary N) is 1. The van der Waals surface area contributed by atoms with Crippen molar-refractivity contribution in [2.45, 2.75) is 6.54 Å². The van der Waals surface area contributed by atoms with Crippen molar-refractivity contribution in [3.05, 3.63) is 56.6 Å². The number of hydrogen-bond donors (Lipinski definition) is 2. The van der Waals surface area contributed by atoms with E-state index in [2.05, 4.69) is 5.32 Å². The molecular weight excluding hydrogens is 350 g/mol. The molecule has 1 aliphatic rings. The molecule has 25 heavy (non-hydrogen) atoms. The maximum atomic E-state index is 11.2. The Labute approximate surface area is 147 Å². The third-order valence-corrected chi connectivity index (χ3v) is 3.98. The Morgan fingerprint density at radius 1 is 1.24 bits per heavy atom. The van der Waals surface area contributed by atoms with E-state index in [1.54, 1.807) is 12.1 Å². The molecule has 0 unspecified atom stereocenters. The number of carbonyl (C=O) groups excluding carboxylic acids is 1. The van der Waals surface area contributed by atoms with Gasteiger partial charge in [0.1, 0.15) is 13.2 Å². The third kappa shape index (κ3) is 3.58. The van der Waals surface area contributed by atoms with Crippen molar-refractivity contribution in [3.8, 4) is 11.5 Å². The summed E-state index contributed by atoms with van der Waals surface area (Å²) >= 11 is 6.20. The second-order valence-electron chi connectivity index (χ2n) is 5.29. The largest absolute Gasteiger partial charge is 0.486 e. The van der Waals surface area contributed by atoms with Gasteiger partial charge in [-0.2, -0.15) is 0 Å². The molecule has 0 fully saturated rings. The molecule has 3 rings (SSSR count). The minimum atomic E-state index is -0.725. The first kappa shape index (κ1) is 16.8. The second kappa shape index (κ2) is 6.86. The lowest BCUT2D eigenvalue weighted by Gasteiger charge is -2.20. The highest BCUT2D eigenvalue weighted by Gasteiger charge is 2.18. The second-order valence-corrected chi connectivity index (χ2v) is 5.70. The zero-order valence-electron chi connectivity index (χ0n) is 13.0. The van der Waals surface area contributed by atoms with Crippen molar-refractivity contribution in [3.63, 3.8) is 0 Å². The predicted octanol–water partition coefficient (Wildman–Crippen LogP) is 2.73. The number of nitro groups is 1. The Morgan fingerprint density at radius 3 is 2.56 bits per heavy atom. The molecule has 130 valence electrons. The molecule has 0 saturated carbocycles. The summed E-state index contributed by atoms with van der Waals surface area (Å²) in [6.45, 7) is 1.03. The van der Waals surface area contributed by atoms with E-state index < -0.39 is 10.8 Å². The van der Waals surface area contributed by atoms with Crippen LogP contribution in [0.15, 0.2) is 30.3 Å². The molecule has 2 aromatic rings. The van der Waals surface area contributed by atoms with Gasteiger partial charge in [-0.05, 0) is 12.1 Å². The van der Waals surface area contributed by atoms with Crippen molar-refractivity contribution < 1.29 is 19.2 Å². The third-order valence-electron chi connectivity index (χ3n) is 3.67. The molecule has 0 atom stereocenters. The minimum absolute atomic E-state index is 0.0767. The van der Waals surface area contributed by atoms with E-state index in [-0.39, 0.29) is 17.8 Å². The number of fused-ring (bicyclic) bond motifs is 1. The van der Waals surface area contributed by atoms with E-state index in [0.717, 1.165) is 6.07 Å². The van der Waals surface area contributed by atoms with Gasteiger partial charge in [0.05, 0.1) is 15.6 Å². The standard InChI is InChI=1S/C16H14ClN3O5/c17-11-6-14-15(25-4-3-24-14)7-12(11)19-8-10-2-1-9(16(18)21)5-13(10)20(22)23/h1-2,5-7,19H,3-4,8H2,(H2,18,21). The van der Waals surface area contributed by atoms with Gasteiger partial charge in [-0.15, -0.1) is 0 Å². The maximum Gasteiger partial charge on any atom is 0.275 e. The van der Waals surface area contributed by atoms with Gasteiger partial charge in [0.15, 0.2) is 11.5 Å². The summed E-state index contributed by atoms with van der Waals surface area (Å²) in [6.07, 6.45) is 0. The zero-order valence-corrected chi connectivity index (χ0v) is 13.7. The highest BCUT2D eigenvalue weighted by Crippen LogP contribution is 2.38. The van der Waals surface area contributed by atoms with Crippen LogP contribution < -0.4 is 20.5 Å². The summed E-state index contributed by atoms with van der Waals surface area (Å²) in [4.78, 5) is 21.9. The summed E-state index contributed by atoms with van der Waals surface area (Å²) < 4.78 is 10.9. The van der Waals surface area contributed by atoms with Crippen LogP contribution in [0, 0.1) is 10.1 Å². The zero-order chi connectivity index (χ0) is 18.0. The van der Waals surface area contributed by atoms with E-state index in [1.807, 2.05) is 0 Å². The Morgan fingerprint density at radius 2 is 1.92 bits per heavy atom. The van der Waals surface area contributed by atoms with Gasteiger partial charge in [0.2, 0.25) is 5.91 Å². The Kier molecular flexibility index (Phi) is 4.62. The van der Waals surface area contributed by atoms with Gasteiger partial charge in [-0.1, -0.05) is 11.6 Å². The van der Waals surface area contributed by atoms with E-state index in [9.17, 15) is 14.9 Å². The minimum Gasteiger partial charge on any atom is -0.486 e. The van der Waals surface area contributed by atoms with Crippen molar-refractivity contribution in [1.82, 2.24) is 0 Å². The monoisotopic (exact) mass is 363 g/mol. The summed E-state index contributed by atoms with van der Waals surface area (Å²) in [6, 6.07) is 7.39. The van der Waals surface area contributed by atoms with Crippen LogP contribution in [0.5, 0.6) is 11.5 Å². The molecule has 2 aromatic carbocycles. The lowest BCUT2D eigenvalue weighted by Crippen LogP contribution is -2.15. The average Bonchev–Trinajstić information content (AvgIpc) is 2.59. The maximum absolute atomic E-state index is 11.2. The molecule has 0 spiro atoms. The lowest BCUT2D eigenvalue weighted by atomic mass is 10.1. The van der Waals surface area contributed by atoms with Gasteiger partial charge in [-0.3, -0.25) is 14.9 Å². The number of rotatable bonds is 5. The Hall–Kier alpha value is -3.00. The first-order chi connectivity index (χ1) is 12.0. The van der Waals surface area contributed by atoms with Crippen LogP contribution in [-0.4, -0.2) is 24.0 Å². The molecule has 3 N–H and O–H groups in total. The van der Waals surface area contributed by atoms with Gasteiger partial charge in [0.25, 0.3) is 5.69 Å². The van der Waals surface area contributed by atoms with Crippen LogP contribution >= 0.6 is 11.6 Å². The number of nitro benzene ring substituents is 1. The van der Waals surface area contributed by atoms with E-state index in [1.165, 1.54) is 12.1 Å². The molecule has 0 radical (unpaired) electrons. The molecule has 0 aromatic heterocycles. The van der Waals surface area contributed by atoms with Crippen molar-refractivity contribution in [1.29, 1.82) is 0 Å². The fourth-order valence-electron chi connectivity index (χ4n) is 2.43. The van der Waals surface area contributed by atoms with E-state index in [0.29, 0.717) is 41.0 Å². The normalized spacial score (nSPS) is 12.5. The predicted molar refractivity (Wildman–Crippen MR) is 91.4 cm³/mol. The van der Waals surface area contributed by atoms with Crippen LogP contribution in [-0.2, 0) is 6.54 Å². The van der Waals surface area contributed by atoms with Crippen molar-refractivity contribution in [2.75, 3.05) is 18.5 Å². The first-order valence-electron chi connectivity index (χ1n) is 7.36. The molecule has 0 bridgehead atoms. The molecule has 9 heteroatoms. The average molecular weight is 364 g/mol. The molecule has 8 nitrogen and oxygen atoms in total. The van der Waals surface area contributed by atoms with Crippen LogP contribution in [0.1, 0.15) is 15.9 Å². The van der Waals surface area contributed by atoms with Crippen molar-refractivity contribution in [2.24, 2.45) is 5.73 Å². The number of carbonyl (C=O) groups is 1. The topological polar surface area (TPSA) is 117 Å². The highest BCUT2D eigenvalue weighted by atomic mass is 35.5. The quantitative estimate of drug-likeness (QED) is 0.623. The highest BCUT2D eigenvalue weighted by molar-refractivity contribution is 6.33. The molecule has 0 aliphatic carbocycles. The molecular formula is C16H14ClN3O5. The van der Waals surface area contributed by atoms with Gasteiger partial charge in [-0.25, -0.2) is 0 Å². The van der Waals surface area contributed by atoms with Crippen LogP contribution in [0.25, 0.3) is 0 Å². The number of benzene rings is 2. The number of primary amides is 1. The lowest BCUT2D eigenvalue weighted by molar-refractivity contribution is -0.385. The number of hydrogen-bond acceptors (Lipinski definition) is 6. The Bertz CT molecular complexity index is 856. The molecule has 0 saturated heterocycles. The molecule has 1 heterocycles. The number of halogens is 1. The SMILES string of the molecule is NC(=O)c1ccc(CNc2cc3c(cc2Cl)OCCO3)c([N+](=O)[O-])c1. The number of amides is 1. The molecule has 1 aliphatic heterocycles. The summed E-state index contributed by atoms with van der Waals surface area (Å²) in [5.74, 6) is 0.382. The number of nitrogens with two attached hydrogens (primary N) is 1. The number of anilines is 1. The van der Waals surface area contributed by atoms with Gasteiger partial charge in [0, 0.05) is 35.9 Å². The van der Waals surface area contributed by atoms with E-state index in [4.69, 9.17) is 26.8 Å². The van der Waals surface area contributed by atoms with Crippen LogP contribution in [0.4, 0.5) is 11.4 Å². The van der Waals surface area contributed by atoms with Crippen LogP contribution in [0.3, 0.4) is 0 Å². The van der Waals surface area contributed by atoms with E-state index >= 15 is 0 Å². The molecule has 1 amide bonds. The number of ether oxygens (including phenoxy) is 2. The first-order valence-corrected chi connectivity index (χ1v) is 7.73. The summed E-state index contributed by atoms with van der Waals surface area (Å²) in [7, 11) is 0. The smallest absolute Gasteiger partial charge is 0.275 e. The van der Waals surface area contributed by atoms with Gasteiger partial charge < -0.3 is 20.5 Å². The Balaban J connectivity index is 1.84.